The van der Waals surface area contributed by atoms with Crippen molar-refractivity contribution in [1.29, 1.82) is 0 Å². The third kappa shape index (κ3) is 6.49. The van der Waals surface area contributed by atoms with E-state index in [1.807, 2.05) is 50.2 Å². The number of nitrogens with zero attached hydrogens (tertiary/aromatic N) is 1. The van der Waals surface area contributed by atoms with Gasteiger partial charge in [0.25, 0.3) is 0 Å². The van der Waals surface area contributed by atoms with E-state index in [2.05, 4.69) is 10.3 Å². The molecule has 31 heavy (non-hydrogen) atoms. The summed E-state index contributed by atoms with van der Waals surface area (Å²) in [5.74, 6) is 2.53. The van der Waals surface area contributed by atoms with Crippen LogP contribution in [0.3, 0.4) is 0 Å². The minimum absolute atomic E-state index is 0.0477. The molecule has 3 aromatic rings. The maximum atomic E-state index is 12.2. The van der Waals surface area contributed by atoms with Crippen LogP contribution in [0.25, 0.3) is 11.3 Å². The van der Waals surface area contributed by atoms with Crippen molar-refractivity contribution in [2.24, 2.45) is 0 Å². The van der Waals surface area contributed by atoms with Gasteiger partial charge in [0.2, 0.25) is 5.91 Å². The molecule has 6 nitrogen and oxygen atoms in total. The number of carbonyl (C=O) groups excluding carboxylic acids is 1. The van der Waals surface area contributed by atoms with Crippen LogP contribution in [-0.4, -0.2) is 30.6 Å². The van der Waals surface area contributed by atoms with Gasteiger partial charge in [0.1, 0.15) is 0 Å². The van der Waals surface area contributed by atoms with Crippen molar-refractivity contribution >= 4 is 17.5 Å². The topological polar surface area (TPSA) is 73.6 Å². The Morgan fingerprint density at radius 1 is 1.06 bits per heavy atom. The van der Waals surface area contributed by atoms with Crippen LogP contribution in [0.2, 0.25) is 5.02 Å². The molecule has 0 fully saturated rings. The summed E-state index contributed by atoms with van der Waals surface area (Å²) in [6.07, 6.45) is 3.06. The zero-order valence-electron chi connectivity index (χ0n) is 17.8. The Hall–Kier alpha value is -2.99. The predicted molar refractivity (Wildman–Crippen MR) is 121 cm³/mol. The highest BCUT2D eigenvalue weighted by Crippen LogP contribution is 2.29. The van der Waals surface area contributed by atoms with E-state index in [0.717, 1.165) is 22.6 Å². The van der Waals surface area contributed by atoms with Gasteiger partial charge in [-0.1, -0.05) is 29.8 Å². The summed E-state index contributed by atoms with van der Waals surface area (Å²) in [6.45, 7) is 5.57. The van der Waals surface area contributed by atoms with E-state index >= 15 is 0 Å². The van der Waals surface area contributed by atoms with Gasteiger partial charge in [-0.2, -0.15) is 0 Å². The molecule has 1 amide bonds. The molecule has 0 saturated heterocycles. The van der Waals surface area contributed by atoms with Gasteiger partial charge in [0.05, 0.1) is 24.4 Å². The van der Waals surface area contributed by atoms with Crippen LogP contribution in [0.15, 0.2) is 53.1 Å². The molecule has 0 bridgehead atoms. The van der Waals surface area contributed by atoms with E-state index in [0.29, 0.717) is 55.7 Å². The van der Waals surface area contributed by atoms with Crippen LogP contribution in [0.5, 0.6) is 11.5 Å². The molecule has 2 aromatic carbocycles. The van der Waals surface area contributed by atoms with E-state index in [4.69, 9.17) is 25.5 Å². The number of aromatic nitrogens is 1. The molecular formula is C24H27ClN2O4. The SMILES string of the molecule is CCOc1ccc(CCNC(=O)CCc2ncc(-c3ccccc3Cl)o2)cc1OCC. The zero-order chi connectivity index (χ0) is 22.1. The molecule has 0 atom stereocenters. The first-order valence-corrected chi connectivity index (χ1v) is 10.8. The molecule has 1 aromatic heterocycles. The normalized spacial score (nSPS) is 10.7. The molecule has 0 unspecified atom stereocenters. The van der Waals surface area contributed by atoms with Crippen molar-refractivity contribution in [2.75, 3.05) is 19.8 Å². The summed E-state index contributed by atoms with van der Waals surface area (Å²) in [4.78, 5) is 16.5. The third-order valence-electron chi connectivity index (χ3n) is 4.60. The lowest BCUT2D eigenvalue weighted by molar-refractivity contribution is -0.121. The number of benzene rings is 2. The molecule has 3 rings (SSSR count). The van der Waals surface area contributed by atoms with Crippen LogP contribution >= 0.6 is 11.6 Å². The molecule has 0 aliphatic rings. The number of amides is 1. The summed E-state index contributed by atoms with van der Waals surface area (Å²) in [7, 11) is 0. The Balaban J connectivity index is 1.46. The second-order valence-electron chi connectivity index (χ2n) is 6.85. The molecule has 164 valence electrons. The lowest BCUT2D eigenvalue weighted by Gasteiger charge is -2.12. The molecule has 0 saturated carbocycles. The van der Waals surface area contributed by atoms with Crippen LogP contribution in [0.1, 0.15) is 31.7 Å². The summed E-state index contributed by atoms with van der Waals surface area (Å²) >= 11 is 6.19. The van der Waals surface area contributed by atoms with Gasteiger partial charge in [-0.3, -0.25) is 4.79 Å². The highest BCUT2D eigenvalue weighted by molar-refractivity contribution is 6.33. The molecule has 0 aliphatic carbocycles. The first-order chi connectivity index (χ1) is 15.1. The quantitative estimate of drug-likeness (QED) is 0.448. The Morgan fingerprint density at radius 2 is 1.84 bits per heavy atom. The fourth-order valence-electron chi connectivity index (χ4n) is 3.12. The second-order valence-corrected chi connectivity index (χ2v) is 7.25. The highest BCUT2D eigenvalue weighted by atomic mass is 35.5. The van der Waals surface area contributed by atoms with Crippen molar-refractivity contribution in [3.05, 3.63) is 65.1 Å². The maximum Gasteiger partial charge on any atom is 0.220 e. The van der Waals surface area contributed by atoms with Crippen molar-refractivity contribution in [2.45, 2.75) is 33.1 Å². The standard InChI is InChI=1S/C24H27ClN2O4/c1-3-29-20-10-9-17(15-21(20)30-4-2)13-14-26-23(28)11-12-24-27-16-22(31-24)18-7-5-6-8-19(18)25/h5-10,15-16H,3-4,11-14H2,1-2H3,(H,26,28). The maximum absolute atomic E-state index is 12.2. The minimum Gasteiger partial charge on any atom is -0.490 e. The van der Waals surface area contributed by atoms with Crippen molar-refractivity contribution in [3.63, 3.8) is 0 Å². The van der Waals surface area contributed by atoms with E-state index in [1.54, 1.807) is 12.3 Å². The van der Waals surface area contributed by atoms with Crippen LogP contribution < -0.4 is 14.8 Å². The van der Waals surface area contributed by atoms with Gasteiger partial charge >= 0.3 is 0 Å². The van der Waals surface area contributed by atoms with Gasteiger partial charge in [-0.25, -0.2) is 4.98 Å². The Morgan fingerprint density at radius 3 is 2.61 bits per heavy atom. The van der Waals surface area contributed by atoms with Gasteiger partial charge in [0, 0.05) is 24.9 Å². The number of hydrogen-bond donors (Lipinski definition) is 1. The molecule has 7 heteroatoms. The number of rotatable bonds is 11. The second kappa shape index (κ2) is 11.4. The molecular weight excluding hydrogens is 416 g/mol. The molecule has 1 N–H and O–H groups in total. The van der Waals surface area contributed by atoms with E-state index in [-0.39, 0.29) is 5.91 Å². The van der Waals surface area contributed by atoms with Crippen molar-refractivity contribution in [3.8, 4) is 22.8 Å². The average Bonchev–Trinajstić information content (AvgIpc) is 3.23. The largest absolute Gasteiger partial charge is 0.490 e. The summed E-state index contributed by atoms with van der Waals surface area (Å²) < 4.78 is 17.0. The number of carbonyl (C=O) groups is 1. The molecule has 0 radical (unpaired) electrons. The average molecular weight is 443 g/mol. The van der Waals surface area contributed by atoms with Gasteiger partial charge in [-0.15, -0.1) is 0 Å². The van der Waals surface area contributed by atoms with Gasteiger partial charge < -0.3 is 19.2 Å². The summed E-state index contributed by atoms with van der Waals surface area (Å²) in [6, 6.07) is 13.3. The van der Waals surface area contributed by atoms with E-state index in [1.165, 1.54) is 0 Å². The predicted octanol–water partition coefficient (Wildman–Crippen LogP) is 5.08. The Labute approximate surface area is 187 Å². The number of aryl methyl sites for hydroxylation is 1. The van der Waals surface area contributed by atoms with E-state index < -0.39 is 0 Å². The van der Waals surface area contributed by atoms with Crippen LogP contribution in [0, 0.1) is 0 Å². The fraction of sp³-hybridized carbons (Fsp3) is 0.333. The number of hydrogen-bond acceptors (Lipinski definition) is 5. The lowest BCUT2D eigenvalue weighted by Crippen LogP contribution is -2.25. The number of oxazole rings is 1. The lowest BCUT2D eigenvalue weighted by atomic mass is 10.1. The van der Waals surface area contributed by atoms with Crippen LogP contribution in [-0.2, 0) is 17.6 Å². The van der Waals surface area contributed by atoms with Crippen LogP contribution in [0.4, 0.5) is 0 Å². The smallest absolute Gasteiger partial charge is 0.220 e. The monoisotopic (exact) mass is 442 g/mol. The number of nitrogens with one attached hydrogen (secondary N) is 1. The first-order valence-electron chi connectivity index (χ1n) is 10.5. The summed E-state index contributed by atoms with van der Waals surface area (Å²) in [5.41, 5.74) is 1.86. The van der Waals surface area contributed by atoms with Crippen molar-refractivity contribution < 1.29 is 18.7 Å². The first kappa shape index (κ1) is 22.7. The molecule has 0 spiro atoms. The highest BCUT2D eigenvalue weighted by Gasteiger charge is 2.11. The van der Waals surface area contributed by atoms with Crippen molar-refractivity contribution in [1.82, 2.24) is 10.3 Å². The Kier molecular flexibility index (Phi) is 8.35. The Bertz CT molecular complexity index is 1000. The van der Waals surface area contributed by atoms with Gasteiger partial charge in [-0.05, 0) is 50.1 Å². The zero-order valence-corrected chi connectivity index (χ0v) is 18.6. The summed E-state index contributed by atoms with van der Waals surface area (Å²) in [5, 5.41) is 3.54. The third-order valence-corrected chi connectivity index (χ3v) is 4.93. The molecule has 1 heterocycles. The van der Waals surface area contributed by atoms with E-state index in [9.17, 15) is 4.79 Å². The number of ether oxygens (including phenoxy) is 2. The minimum atomic E-state index is -0.0477. The number of halogens is 1. The van der Waals surface area contributed by atoms with Gasteiger partial charge in [0.15, 0.2) is 23.1 Å². The molecule has 0 aliphatic heterocycles. The fourth-order valence-corrected chi connectivity index (χ4v) is 3.35.